The lowest BCUT2D eigenvalue weighted by atomic mass is 9.89. The first-order valence-corrected chi connectivity index (χ1v) is 6.59. The Balaban J connectivity index is 2.08. The van der Waals surface area contributed by atoms with Gasteiger partial charge in [-0.1, -0.05) is 0 Å². The average Bonchev–Trinajstić information content (AvgIpc) is 3.03. The predicted molar refractivity (Wildman–Crippen MR) is 70.6 cm³/mol. The first kappa shape index (κ1) is 13.3. The zero-order valence-corrected chi connectivity index (χ0v) is 11.0. The molecule has 0 radical (unpaired) electrons. The molecule has 0 saturated carbocycles. The fraction of sp³-hybridized carbons (Fsp3) is 0.462. The average molecular weight is 288 g/mol. The van der Waals surface area contributed by atoms with Gasteiger partial charge in [0, 0.05) is 18.3 Å². The highest BCUT2D eigenvalue weighted by Gasteiger charge is 2.51. The van der Waals surface area contributed by atoms with Crippen LogP contribution in [0.1, 0.15) is 24.8 Å². The molecule has 8 heteroatoms. The van der Waals surface area contributed by atoms with Crippen molar-refractivity contribution in [3.63, 3.8) is 0 Å². The Morgan fingerprint density at radius 1 is 1.57 bits per heavy atom. The van der Waals surface area contributed by atoms with Crippen molar-refractivity contribution >= 4 is 17.5 Å². The van der Waals surface area contributed by atoms with Crippen molar-refractivity contribution in [2.24, 2.45) is 5.92 Å². The van der Waals surface area contributed by atoms with E-state index >= 15 is 0 Å². The van der Waals surface area contributed by atoms with Crippen molar-refractivity contribution in [2.45, 2.75) is 31.3 Å². The molecule has 21 heavy (non-hydrogen) atoms. The molecule has 1 N–H and O–H groups in total. The molecule has 0 aliphatic carbocycles. The quantitative estimate of drug-likeness (QED) is 0.657. The van der Waals surface area contributed by atoms with E-state index < -0.39 is 16.8 Å². The number of carboxylic acid groups (broad SMARTS) is 1. The molecule has 0 amide bonds. The van der Waals surface area contributed by atoms with Gasteiger partial charge in [0.15, 0.2) is 0 Å². The van der Waals surface area contributed by atoms with Gasteiger partial charge in [0.25, 0.3) is 0 Å². The Morgan fingerprint density at radius 3 is 2.90 bits per heavy atom. The SMILES string of the molecule is N#Cc1ccnc(N2C3CCC2C(C(=O)O)C3)c1[N+](=O)[O-]. The van der Waals surface area contributed by atoms with Crippen LogP contribution in [0, 0.1) is 27.4 Å². The van der Waals surface area contributed by atoms with Gasteiger partial charge < -0.3 is 10.0 Å². The van der Waals surface area contributed by atoms with Gasteiger partial charge in [0.05, 0.1) is 10.8 Å². The third-order valence-corrected chi connectivity index (χ3v) is 4.31. The Labute approximate surface area is 119 Å². The fourth-order valence-electron chi connectivity index (χ4n) is 3.49. The maximum absolute atomic E-state index is 11.3. The number of hydrogen-bond acceptors (Lipinski definition) is 6. The number of carboxylic acids is 1. The van der Waals surface area contributed by atoms with Gasteiger partial charge in [-0.2, -0.15) is 5.26 Å². The molecule has 2 saturated heterocycles. The first-order valence-electron chi connectivity index (χ1n) is 6.59. The molecule has 0 aromatic carbocycles. The summed E-state index contributed by atoms with van der Waals surface area (Å²) in [7, 11) is 0. The van der Waals surface area contributed by atoms with Crippen molar-refractivity contribution in [1.29, 1.82) is 5.26 Å². The lowest BCUT2D eigenvalue weighted by Crippen LogP contribution is -2.34. The number of aromatic nitrogens is 1. The molecular weight excluding hydrogens is 276 g/mol. The Bertz CT molecular complexity index is 669. The second-order valence-corrected chi connectivity index (χ2v) is 5.29. The Morgan fingerprint density at radius 2 is 2.33 bits per heavy atom. The number of nitro groups is 1. The molecular formula is C13H12N4O4. The van der Waals surface area contributed by atoms with E-state index in [-0.39, 0.29) is 29.2 Å². The third kappa shape index (κ3) is 1.89. The maximum atomic E-state index is 11.3. The number of carbonyl (C=O) groups is 1. The van der Waals surface area contributed by atoms with Gasteiger partial charge in [-0.3, -0.25) is 14.9 Å². The molecule has 3 unspecified atom stereocenters. The lowest BCUT2D eigenvalue weighted by Gasteiger charge is -2.23. The summed E-state index contributed by atoms with van der Waals surface area (Å²) in [4.78, 5) is 27.7. The van der Waals surface area contributed by atoms with Crippen LogP contribution < -0.4 is 4.90 Å². The normalized spacial score (nSPS) is 26.6. The van der Waals surface area contributed by atoms with E-state index in [1.54, 1.807) is 11.0 Å². The van der Waals surface area contributed by atoms with Gasteiger partial charge >= 0.3 is 11.7 Å². The van der Waals surface area contributed by atoms with Crippen LogP contribution in [0.5, 0.6) is 0 Å². The summed E-state index contributed by atoms with van der Waals surface area (Å²) in [5.74, 6) is -1.29. The van der Waals surface area contributed by atoms with Crippen LogP contribution in [0.15, 0.2) is 12.3 Å². The summed E-state index contributed by atoms with van der Waals surface area (Å²) in [6, 6.07) is 2.76. The van der Waals surface area contributed by atoms with Crippen LogP contribution in [0.4, 0.5) is 11.5 Å². The van der Waals surface area contributed by atoms with E-state index in [4.69, 9.17) is 5.26 Å². The summed E-state index contributed by atoms with van der Waals surface area (Å²) in [5.41, 5.74) is -0.383. The molecule has 2 fully saturated rings. The van der Waals surface area contributed by atoms with Gasteiger partial charge in [-0.15, -0.1) is 0 Å². The molecule has 3 rings (SSSR count). The predicted octanol–water partition coefficient (Wildman–Crippen LogP) is 1.30. The highest BCUT2D eigenvalue weighted by atomic mass is 16.6. The largest absolute Gasteiger partial charge is 0.481 e. The fourth-order valence-corrected chi connectivity index (χ4v) is 3.49. The topological polar surface area (TPSA) is 120 Å². The van der Waals surface area contributed by atoms with Gasteiger partial charge in [-0.05, 0) is 25.3 Å². The van der Waals surface area contributed by atoms with Crippen LogP contribution in [0.2, 0.25) is 0 Å². The van der Waals surface area contributed by atoms with Gasteiger partial charge in [0.1, 0.15) is 11.6 Å². The minimum atomic E-state index is -0.883. The zero-order chi connectivity index (χ0) is 15.1. The molecule has 2 aliphatic heterocycles. The monoisotopic (exact) mass is 288 g/mol. The maximum Gasteiger partial charge on any atom is 0.329 e. The molecule has 3 heterocycles. The van der Waals surface area contributed by atoms with E-state index in [2.05, 4.69) is 4.98 Å². The standard InChI is InChI=1S/C13H12N4O4/c14-6-7-3-4-15-12(11(7)17(20)21)16-8-1-2-10(16)9(5-8)13(18)19/h3-4,8-10H,1-2,5H2,(H,18,19). The van der Waals surface area contributed by atoms with E-state index in [0.717, 1.165) is 6.42 Å². The number of fused-ring (bicyclic) bond motifs is 2. The summed E-state index contributed by atoms with van der Waals surface area (Å²) < 4.78 is 0. The number of nitriles is 1. The highest BCUT2D eigenvalue weighted by molar-refractivity contribution is 5.75. The minimum Gasteiger partial charge on any atom is -0.481 e. The van der Waals surface area contributed by atoms with E-state index in [0.29, 0.717) is 12.8 Å². The number of hydrogen-bond donors (Lipinski definition) is 1. The summed E-state index contributed by atoms with van der Waals surface area (Å²) in [6.45, 7) is 0. The van der Waals surface area contributed by atoms with Crippen molar-refractivity contribution in [2.75, 3.05) is 4.90 Å². The summed E-state index contributed by atoms with van der Waals surface area (Å²) in [5, 5.41) is 29.6. The first-order chi connectivity index (χ1) is 10.0. The number of nitrogens with zero attached hydrogens (tertiary/aromatic N) is 4. The van der Waals surface area contributed by atoms with E-state index in [1.165, 1.54) is 12.3 Å². The number of rotatable bonds is 3. The smallest absolute Gasteiger partial charge is 0.329 e. The van der Waals surface area contributed by atoms with Crippen molar-refractivity contribution in [3.8, 4) is 6.07 Å². The summed E-state index contributed by atoms with van der Waals surface area (Å²) in [6.07, 6.45) is 3.30. The van der Waals surface area contributed by atoms with Crippen molar-refractivity contribution in [1.82, 2.24) is 4.98 Å². The Kier molecular flexibility index (Phi) is 2.97. The van der Waals surface area contributed by atoms with Crippen molar-refractivity contribution in [3.05, 3.63) is 27.9 Å². The number of pyridine rings is 1. The molecule has 0 spiro atoms. The van der Waals surface area contributed by atoms with Gasteiger partial charge in [0.2, 0.25) is 5.82 Å². The second kappa shape index (κ2) is 4.70. The highest BCUT2D eigenvalue weighted by Crippen LogP contribution is 2.46. The second-order valence-electron chi connectivity index (χ2n) is 5.29. The molecule has 108 valence electrons. The van der Waals surface area contributed by atoms with E-state index in [1.807, 2.05) is 0 Å². The van der Waals surface area contributed by atoms with Gasteiger partial charge in [-0.25, -0.2) is 4.98 Å². The molecule has 2 aliphatic rings. The number of anilines is 1. The van der Waals surface area contributed by atoms with Crippen LogP contribution in [0.3, 0.4) is 0 Å². The molecule has 2 bridgehead atoms. The van der Waals surface area contributed by atoms with Crippen LogP contribution in [-0.2, 0) is 4.79 Å². The van der Waals surface area contributed by atoms with Crippen LogP contribution in [0.25, 0.3) is 0 Å². The third-order valence-electron chi connectivity index (χ3n) is 4.31. The Hall–Kier alpha value is -2.69. The molecule has 8 nitrogen and oxygen atoms in total. The molecule has 1 aromatic heterocycles. The summed E-state index contributed by atoms with van der Waals surface area (Å²) >= 11 is 0. The number of aliphatic carboxylic acids is 1. The minimum absolute atomic E-state index is 0.0526. The van der Waals surface area contributed by atoms with Crippen LogP contribution >= 0.6 is 0 Å². The molecule has 3 atom stereocenters. The van der Waals surface area contributed by atoms with Crippen molar-refractivity contribution < 1.29 is 14.8 Å². The molecule has 1 aromatic rings. The zero-order valence-electron chi connectivity index (χ0n) is 11.0. The van der Waals surface area contributed by atoms with E-state index in [9.17, 15) is 20.0 Å². The lowest BCUT2D eigenvalue weighted by molar-refractivity contribution is -0.384. The van der Waals surface area contributed by atoms with Crippen LogP contribution in [-0.4, -0.2) is 33.1 Å².